The number of nitrogens with one attached hydrogen (secondary N) is 2. The molecule has 1 atom stereocenters. The Morgan fingerprint density at radius 2 is 2.30 bits per heavy atom. The Hall–Kier alpha value is -1.47. The molecule has 3 rings (SSSR count). The van der Waals surface area contributed by atoms with Crippen LogP contribution in [0.3, 0.4) is 0 Å². The summed E-state index contributed by atoms with van der Waals surface area (Å²) in [4.78, 5) is 6.51. The van der Waals surface area contributed by atoms with Crippen LogP contribution in [0.5, 0.6) is 0 Å². The second kappa shape index (κ2) is 5.49. The lowest BCUT2D eigenvalue weighted by molar-refractivity contribution is 0.480. The van der Waals surface area contributed by atoms with Crippen LogP contribution in [-0.4, -0.2) is 40.9 Å². The number of rotatable bonds is 2. The van der Waals surface area contributed by atoms with Gasteiger partial charge in [0.1, 0.15) is 5.82 Å². The van der Waals surface area contributed by atoms with E-state index in [-0.39, 0.29) is 5.82 Å². The molecule has 0 unspecified atom stereocenters. The maximum Gasteiger partial charge on any atom is 0.245 e. The molecular weight excluding hydrogens is 325 g/mol. The topological polar surface area (TPSA) is 56.8 Å². The number of hydrogen-bond donors (Lipinski definition) is 2. The van der Waals surface area contributed by atoms with Crippen molar-refractivity contribution in [2.75, 3.05) is 24.5 Å². The fourth-order valence-electron chi connectivity index (χ4n) is 2.31. The SMILES string of the molecule is C[C@@H]1CN(c2n[nH]c(-c3cc(Br)ccc3F)n2)CCN1. The maximum atomic E-state index is 13.8. The second-order valence-electron chi connectivity index (χ2n) is 4.91. The second-order valence-corrected chi connectivity index (χ2v) is 5.83. The lowest BCUT2D eigenvalue weighted by Gasteiger charge is -2.30. The highest BCUT2D eigenvalue weighted by atomic mass is 79.9. The van der Waals surface area contributed by atoms with Gasteiger partial charge in [-0.3, -0.25) is 5.10 Å². The number of hydrogen-bond acceptors (Lipinski definition) is 4. The van der Waals surface area contributed by atoms with E-state index in [0.717, 1.165) is 24.1 Å². The zero-order chi connectivity index (χ0) is 14.1. The summed E-state index contributed by atoms with van der Waals surface area (Å²) in [6, 6.07) is 5.16. The third-order valence-electron chi connectivity index (χ3n) is 3.31. The Kier molecular flexibility index (Phi) is 3.71. The average molecular weight is 340 g/mol. The molecule has 2 aromatic rings. The van der Waals surface area contributed by atoms with Gasteiger partial charge >= 0.3 is 0 Å². The van der Waals surface area contributed by atoms with Crippen molar-refractivity contribution in [1.82, 2.24) is 20.5 Å². The highest BCUT2D eigenvalue weighted by Gasteiger charge is 2.20. The quantitative estimate of drug-likeness (QED) is 0.880. The molecule has 2 N–H and O–H groups in total. The molecule has 5 nitrogen and oxygen atoms in total. The third-order valence-corrected chi connectivity index (χ3v) is 3.80. The average Bonchev–Trinajstić information content (AvgIpc) is 2.91. The van der Waals surface area contributed by atoms with Crippen molar-refractivity contribution in [2.24, 2.45) is 0 Å². The van der Waals surface area contributed by atoms with Gasteiger partial charge in [0.25, 0.3) is 0 Å². The van der Waals surface area contributed by atoms with Crippen LogP contribution in [0, 0.1) is 5.82 Å². The van der Waals surface area contributed by atoms with Gasteiger partial charge in [0, 0.05) is 30.1 Å². The van der Waals surface area contributed by atoms with Crippen molar-refractivity contribution in [2.45, 2.75) is 13.0 Å². The standard InChI is InChI=1S/C13H15BrFN5/c1-8-7-20(5-4-16-8)13-17-12(18-19-13)10-6-9(14)2-3-11(10)15/h2-3,6,8,16H,4-5,7H2,1H3,(H,17,18,19)/t8-/m1/s1. The van der Waals surface area contributed by atoms with E-state index in [4.69, 9.17) is 0 Å². The Labute approximate surface area is 124 Å². The molecule has 2 heterocycles. The van der Waals surface area contributed by atoms with Crippen LogP contribution in [0.25, 0.3) is 11.4 Å². The van der Waals surface area contributed by atoms with Gasteiger partial charge in [0.05, 0.1) is 5.56 Å². The zero-order valence-corrected chi connectivity index (χ0v) is 12.6. The summed E-state index contributed by atoms with van der Waals surface area (Å²) < 4.78 is 14.6. The van der Waals surface area contributed by atoms with Gasteiger partial charge in [-0.15, -0.1) is 5.10 Å². The molecule has 0 aliphatic carbocycles. The molecule has 0 bridgehead atoms. The first-order valence-corrected chi connectivity index (χ1v) is 7.29. The molecule has 1 aromatic heterocycles. The number of H-pyrrole nitrogens is 1. The molecule has 106 valence electrons. The summed E-state index contributed by atoms with van der Waals surface area (Å²) in [5, 5.41) is 10.4. The van der Waals surface area contributed by atoms with Crippen LogP contribution in [0.2, 0.25) is 0 Å². The number of piperazine rings is 1. The van der Waals surface area contributed by atoms with Gasteiger partial charge in [-0.1, -0.05) is 15.9 Å². The normalized spacial score (nSPS) is 19.4. The summed E-state index contributed by atoms with van der Waals surface area (Å²) in [6.45, 7) is 4.71. The predicted molar refractivity (Wildman–Crippen MR) is 79.2 cm³/mol. The summed E-state index contributed by atoms with van der Waals surface area (Å²) in [5.74, 6) is 0.752. The lowest BCUT2D eigenvalue weighted by atomic mass is 10.2. The highest BCUT2D eigenvalue weighted by molar-refractivity contribution is 9.10. The van der Waals surface area contributed by atoms with Crippen LogP contribution in [0.4, 0.5) is 10.3 Å². The van der Waals surface area contributed by atoms with Crippen molar-refractivity contribution < 1.29 is 4.39 Å². The van der Waals surface area contributed by atoms with E-state index in [1.807, 2.05) is 0 Å². The minimum Gasteiger partial charge on any atom is -0.337 e. The zero-order valence-electron chi connectivity index (χ0n) is 11.0. The molecule has 1 saturated heterocycles. The molecular formula is C13H15BrFN5. The van der Waals surface area contributed by atoms with E-state index in [1.54, 1.807) is 12.1 Å². The molecule has 1 aliphatic rings. The number of nitrogens with zero attached hydrogens (tertiary/aromatic N) is 3. The molecule has 0 spiro atoms. The summed E-state index contributed by atoms with van der Waals surface area (Å²) in [6.07, 6.45) is 0. The van der Waals surface area contributed by atoms with Gasteiger partial charge in [0.2, 0.25) is 5.95 Å². The molecule has 20 heavy (non-hydrogen) atoms. The summed E-state index contributed by atoms with van der Waals surface area (Å²) >= 11 is 3.34. The monoisotopic (exact) mass is 339 g/mol. The number of benzene rings is 1. The Bertz CT molecular complexity index is 615. The lowest BCUT2D eigenvalue weighted by Crippen LogP contribution is -2.49. The van der Waals surface area contributed by atoms with E-state index < -0.39 is 0 Å². The first-order valence-electron chi connectivity index (χ1n) is 6.49. The molecule has 0 amide bonds. The molecule has 1 aliphatic heterocycles. The van der Waals surface area contributed by atoms with E-state index in [0.29, 0.717) is 23.4 Å². The van der Waals surface area contributed by atoms with Gasteiger partial charge < -0.3 is 10.2 Å². The van der Waals surface area contributed by atoms with Crippen LogP contribution < -0.4 is 10.2 Å². The van der Waals surface area contributed by atoms with Crippen molar-refractivity contribution in [1.29, 1.82) is 0 Å². The minimum absolute atomic E-state index is 0.315. The number of aromatic nitrogens is 3. The third kappa shape index (κ3) is 2.69. The fraction of sp³-hybridized carbons (Fsp3) is 0.385. The largest absolute Gasteiger partial charge is 0.337 e. The maximum absolute atomic E-state index is 13.8. The van der Waals surface area contributed by atoms with Crippen LogP contribution in [0.15, 0.2) is 22.7 Å². The smallest absolute Gasteiger partial charge is 0.245 e. The van der Waals surface area contributed by atoms with Crippen LogP contribution in [0.1, 0.15) is 6.92 Å². The Balaban J connectivity index is 1.88. The molecule has 7 heteroatoms. The molecule has 1 fully saturated rings. The summed E-state index contributed by atoms with van der Waals surface area (Å²) in [7, 11) is 0. The van der Waals surface area contributed by atoms with Crippen LogP contribution >= 0.6 is 15.9 Å². The first kappa shape index (κ1) is 13.5. The van der Waals surface area contributed by atoms with Gasteiger partial charge in [-0.05, 0) is 25.1 Å². The fourth-order valence-corrected chi connectivity index (χ4v) is 2.67. The van der Waals surface area contributed by atoms with Gasteiger partial charge in [-0.25, -0.2) is 4.39 Å². The van der Waals surface area contributed by atoms with Crippen LogP contribution in [-0.2, 0) is 0 Å². The van der Waals surface area contributed by atoms with E-state index in [1.165, 1.54) is 6.07 Å². The Morgan fingerprint density at radius 3 is 3.10 bits per heavy atom. The predicted octanol–water partition coefficient (Wildman–Crippen LogP) is 2.17. The number of aromatic amines is 1. The highest BCUT2D eigenvalue weighted by Crippen LogP contribution is 2.24. The van der Waals surface area contributed by atoms with Crippen molar-refractivity contribution in [3.8, 4) is 11.4 Å². The minimum atomic E-state index is -0.315. The van der Waals surface area contributed by atoms with Crippen molar-refractivity contribution in [3.05, 3.63) is 28.5 Å². The van der Waals surface area contributed by atoms with Crippen molar-refractivity contribution in [3.63, 3.8) is 0 Å². The van der Waals surface area contributed by atoms with Gasteiger partial charge in [-0.2, -0.15) is 4.98 Å². The van der Waals surface area contributed by atoms with Crippen molar-refractivity contribution >= 4 is 21.9 Å². The van der Waals surface area contributed by atoms with E-state index in [9.17, 15) is 4.39 Å². The van der Waals surface area contributed by atoms with Gasteiger partial charge in [0.15, 0.2) is 5.82 Å². The summed E-state index contributed by atoms with van der Waals surface area (Å²) in [5.41, 5.74) is 0.418. The number of halogens is 2. The molecule has 1 aromatic carbocycles. The van der Waals surface area contributed by atoms with E-state index in [2.05, 4.69) is 48.3 Å². The van der Waals surface area contributed by atoms with E-state index >= 15 is 0 Å². The molecule has 0 saturated carbocycles. The Morgan fingerprint density at radius 1 is 1.45 bits per heavy atom. The number of anilines is 1. The molecule has 0 radical (unpaired) electrons. The first-order chi connectivity index (χ1) is 9.63.